The zero-order chi connectivity index (χ0) is 14.9. The van der Waals surface area contributed by atoms with Crippen LogP contribution in [-0.4, -0.2) is 24.2 Å². The highest BCUT2D eigenvalue weighted by molar-refractivity contribution is 9.09. The van der Waals surface area contributed by atoms with Crippen molar-refractivity contribution < 1.29 is 13.3 Å². The highest BCUT2D eigenvalue weighted by atomic mass is 79.9. The molecule has 2 atom stereocenters. The van der Waals surface area contributed by atoms with Crippen molar-refractivity contribution in [3.8, 4) is 0 Å². The van der Waals surface area contributed by atoms with E-state index in [9.17, 15) is 18.5 Å². The van der Waals surface area contributed by atoms with Crippen molar-refractivity contribution in [3.05, 3.63) is 33.9 Å². The van der Waals surface area contributed by atoms with Gasteiger partial charge < -0.3 is 0 Å². The monoisotopic (exact) mass is 362 g/mol. The summed E-state index contributed by atoms with van der Waals surface area (Å²) in [6.45, 7) is 1.56. The van der Waals surface area contributed by atoms with Gasteiger partial charge in [0.05, 0.1) is 4.92 Å². The first-order chi connectivity index (χ1) is 9.33. The average molecular weight is 363 g/mol. The van der Waals surface area contributed by atoms with Crippen molar-refractivity contribution in [1.82, 2.24) is 4.72 Å². The standard InChI is InChI=1S/C12H15BrN2O4S/c1-8-4-2-7-11(15(16)17)12(8)20(18,19)14-10-6-3-5-9(10)13/h2,4,7,9-10,14H,3,5-6H2,1H3. The van der Waals surface area contributed by atoms with Gasteiger partial charge in [-0.3, -0.25) is 10.1 Å². The van der Waals surface area contributed by atoms with Crippen LogP contribution in [0.2, 0.25) is 0 Å². The van der Waals surface area contributed by atoms with Crippen molar-refractivity contribution in [2.24, 2.45) is 0 Å². The third-order valence-corrected chi connectivity index (χ3v) is 6.17. The van der Waals surface area contributed by atoms with Crippen molar-refractivity contribution in [1.29, 1.82) is 0 Å². The van der Waals surface area contributed by atoms with Crippen LogP contribution in [0.25, 0.3) is 0 Å². The molecule has 0 saturated heterocycles. The first-order valence-electron chi connectivity index (χ1n) is 6.23. The average Bonchev–Trinajstić information content (AvgIpc) is 2.73. The Morgan fingerprint density at radius 2 is 2.10 bits per heavy atom. The second kappa shape index (κ2) is 5.79. The number of hydrogen-bond donors (Lipinski definition) is 1. The molecule has 1 saturated carbocycles. The van der Waals surface area contributed by atoms with Crippen molar-refractivity contribution in [2.45, 2.75) is 42.0 Å². The van der Waals surface area contributed by atoms with Crippen LogP contribution < -0.4 is 4.72 Å². The molecular weight excluding hydrogens is 348 g/mol. The summed E-state index contributed by atoms with van der Waals surface area (Å²) in [6, 6.07) is 4.03. The Labute approximate surface area is 125 Å². The van der Waals surface area contributed by atoms with Gasteiger partial charge in [0.2, 0.25) is 10.0 Å². The van der Waals surface area contributed by atoms with E-state index < -0.39 is 14.9 Å². The first-order valence-corrected chi connectivity index (χ1v) is 8.63. The number of hydrogen-bond acceptors (Lipinski definition) is 4. The lowest BCUT2D eigenvalue weighted by atomic mass is 10.2. The molecule has 1 aliphatic rings. The lowest BCUT2D eigenvalue weighted by Gasteiger charge is -2.17. The summed E-state index contributed by atoms with van der Waals surface area (Å²) in [5.41, 5.74) is -0.0163. The van der Waals surface area contributed by atoms with Crippen molar-refractivity contribution in [2.75, 3.05) is 0 Å². The molecule has 110 valence electrons. The number of nitro groups is 1. The molecule has 2 rings (SSSR count). The predicted octanol–water partition coefficient (Wildman–Crippen LogP) is 2.50. The van der Waals surface area contributed by atoms with Gasteiger partial charge in [-0.1, -0.05) is 34.5 Å². The van der Waals surface area contributed by atoms with Gasteiger partial charge in [0.25, 0.3) is 5.69 Å². The Kier molecular flexibility index (Phi) is 4.46. The first kappa shape index (κ1) is 15.4. The van der Waals surface area contributed by atoms with Gasteiger partial charge in [-0.05, 0) is 25.3 Å². The fourth-order valence-corrected chi connectivity index (χ4v) is 5.04. The number of nitrogens with one attached hydrogen (secondary N) is 1. The molecule has 0 aliphatic heterocycles. The molecule has 0 bridgehead atoms. The van der Waals surface area contributed by atoms with E-state index in [1.165, 1.54) is 12.1 Å². The zero-order valence-corrected chi connectivity index (χ0v) is 13.3. The third-order valence-electron chi connectivity index (χ3n) is 3.39. The van der Waals surface area contributed by atoms with Crippen LogP contribution in [0.5, 0.6) is 0 Å². The maximum atomic E-state index is 12.4. The number of rotatable bonds is 4. The number of nitro benzene ring substituents is 1. The Morgan fingerprint density at radius 1 is 1.40 bits per heavy atom. The number of benzene rings is 1. The van der Waals surface area contributed by atoms with Crippen LogP contribution in [0, 0.1) is 17.0 Å². The van der Waals surface area contributed by atoms with Gasteiger partial charge in [0, 0.05) is 16.9 Å². The summed E-state index contributed by atoms with van der Waals surface area (Å²) in [4.78, 5) is 10.2. The lowest BCUT2D eigenvalue weighted by molar-refractivity contribution is -0.387. The Bertz CT molecular complexity index is 632. The summed E-state index contributed by atoms with van der Waals surface area (Å²) in [6.07, 6.45) is 2.55. The number of halogens is 1. The molecule has 1 aliphatic carbocycles. The maximum absolute atomic E-state index is 12.4. The maximum Gasteiger partial charge on any atom is 0.289 e. The molecule has 0 spiro atoms. The fourth-order valence-electron chi connectivity index (χ4n) is 2.44. The van der Waals surface area contributed by atoms with Crippen LogP contribution in [0.1, 0.15) is 24.8 Å². The van der Waals surface area contributed by atoms with Crippen LogP contribution in [-0.2, 0) is 10.0 Å². The summed E-state index contributed by atoms with van der Waals surface area (Å²) >= 11 is 3.44. The van der Waals surface area contributed by atoms with E-state index >= 15 is 0 Å². The molecule has 8 heteroatoms. The van der Waals surface area contributed by atoms with Crippen LogP contribution in [0.15, 0.2) is 23.1 Å². The van der Waals surface area contributed by atoms with E-state index in [1.807, 2.05) is 0 Å². The van der Waals surface area contributed by atoms with Gasteiger partial charge in [-0.2, -0.15) is 0 Å². The summed E-state index contributed by atoms with van der Waals surface area (Å²) in [5, 5.41) is 11.0. The lowest BCUT2D eigenvalue weighted by Crippen LogP contribution is -2.38. The molecule has 0 heterocycles. The third kappa shape index (κ3) is 3.02. The Hall–Kier alpha value is -0.990. The van der Waals surface area contributed by atoms with E-state index in [-0.39, 0.29) is 21.5 Å². The number of nitrogens with zero attached hydrogens (tertiary/aromatic N) is 1. The molecular formula is C12H15BrN2O4S. The largest absolute Gasteiger partial charge is 0.289 e. The summed E-state index contributed by atoms with van der Waals surface area (Å²) in [5.74, 6) is 0. The van der Waals surface area contributed by atoms with Gasteiger partial charge in [0.15, 0.2) is 4.90 Å². The molecule has 20 heavy (non-hydrogen) atoms. The summed E-state index contributed by atoms with van der Waals surface area (Å²) in [7, 11) is -3.90. The fraction of sp³-hybridized carbons (Fsp3) is 0.500. The van der Waals surface area contributed by atoms with Crippen molar-refractivity contribution in [3.63, 3.8) is 0 Å². The SMILES string of the molecule is Cc1cccc([N+](=O)[O-])c1S(=O)(=O)NC1CCCC1Br. The van der Waals surface area contributed by atoms with Crippen LogP contribution >= 0.6 is 15.9 Å². The van der Waals surface area contributed by atoms with Crippen molar-refractivity contribution >= 4 is 31.6 Å². The van der Waals surface area contributed by atoms with E-state index in [0.29, 0.717) is 5.56 Å². The molecule has 0 aromatic heterocycles. The second-order valence-electron chi connectivity index (χ2n) is 4.85. The Balaban J connectivity index is 2.41. The van der Waals surface area contributed by atoms with E-state index in [4.69, 9.17) is 0 Å². The highest BCUT2D eigenvalue weighted by Crippen LogP contribution is 2.30. The normalized spacial score (nSPS) is 22.9. The molecule has 2 unspecified atom stereocenters. The van der Waals surface area contributed by atoms with E-state index in [1.54, 1.807) is 13.0 Å². The minimum absolute atomic E-state index is 0.0698. The topological polar surface area (TPSA) is 89.3 Å². The van der Waals surface area contributed by atoms with E-state index in [0.717, 1.165) is 19.3 Å². The minimum Gasteiger partial charge on any atom is -0.258 e. The quantitative estimate of drug-likeness (QED) is 0.506. The number of sulfonamides is 1. The Morgan fingerprint density at radius 3 is 2.65 bits per heavy atom. The van der Waals surface area contributed by atoms with Gasteiger partial charge >= 0.3 is 0 Å². The smallest absolute Gasteiger partial charge is 0.258 e. The molecule has 0 radical (unpaired) electrons. The van der Waals surface area contributed by atoms with E-state index in [2.05, 4.69) is 20.7 Å². The van der Waals surface area contributed by atoms with Crippen LogP contribution in [0.4, 0.5) is 5.69 Å². The predicted molar refractivity (Wildman–Crippen MR) is 78.5 cm³/mol. The number of alkyl halides is 1. The number of aryl methyl sites for hydroxylation is 1. The highest BCUT2D eigenvalue weighted by Gasteiger charge is 2.33. The molecule has 1 N–H and O–H groups in total. The summed E-state index contributed by atoms with van der Waals surface area (Å²) < 4.78 is 27.5. The van der Waals surface area contributed by atoms with Gasteiger partial charge in [-0.25, -0.2) is 13.1 Å². The molecule has 0 amide bonds. The van der Waals surface area contributed by atoms with Crippen LogP contribution in [0.3, 0.4) is 0 Å². The molecule has 1 fully saturated rings. The van der Waals surface area contributed by atoms with Gasteiger partial charge in [0.1, 0.15) is 0 Å². The molecule has 1 aromatic carbocycles. The molecule has 6 nitrogen and oxygen atoms in total. The zero-order valence-electron chi connectivity index (χ0n) is 10.9. The second-order valence-corrected chi connectivity index (χ2v) is 7.68. The molecule has 1 aromatic rings. The van der Waals surface area contributed by atoms with Gasteiger partial charge in [-0.15, -0.1) is 0 Å². The minimum atomic E-state index is -3.90.